The zero-order valence-corrected chi connectivity index (χ0v) is 44.4. The quantitative estimate of drug-likeness (QED) is 0.135. The largest absolute Gasteiger partial charge is 0.509 e. The van der Waals surface area contributed by atoms with Gasteiger partial charge in [-0.25, -0.2) is 4.98 Å². The molecule has 0 saturated heterocycles. The van der Waals surface area contributed by atoms with Crippen molar-refractivity contribution in [2.75, 3.05) is 9.80 Å². The topological polar surface area (TPSA) is 42.8 Å². The summed E-state index contributed by atoms with van der Waals surface area (Å²) in [4.78, 5) is 8.59. The maximum atomic E-state index is 9.13. The molecule has 368 valence electrons. The van der Waals surface area contributed by atoms with Gasteiger partial charge >= 0.3 is 0 Å². The molecule has 1 aliphatic rings. The number of nitrogens with zero attached hydrogens (tertiary/aromatic N) is 4. The first kappa shape index (κ1) is 38.2. The van der Waals surface area contributed by atoms with E-state index < -0.39 is 65.8 Å². The molecule has 7 heteroatoms. The van der Waals surface area contributed by atoms with Crippen molar-refractivity contribution in [2.45, 2.75) is 78.6 Å². The summed E-state index contributed by atoms with van der Waals surface area (Å²) in [5.41, 5.74) is 6.05. The van der Waals surface area contributed by atoms with Gasteiger partial charge in [0.05, 0.1) is 13.7 Å². The number of hydrogen-bond acceptors (Lipinski definition) is 5. The molecule has 0 N–H and O–H groups in total. The smallest absolute Gasteiger partial charge is 0.139 e. The fraction of sp³-hybridized carbons (Fsp3) is 0.182. The Kier molecular flexibility index (Phi) is 10.1. The summed E-state index contributed by atoms with van der Waals surface area (Å²) in [6.45, 7) is 21.2. The molecule has 2 aromatic heterocycles. The van der Waals surface area contributed by atoms with Gasteiger partial charge in [0.15, 0.2) is 0 Å². The average molecular weight is 1150 g/mol. The van der Waals surface area contributed by atoms with Crippen LogP contribution in [0.5, 0.6) is 23.0 Å². The van der Waals surface area contributed by atoms with E-state index >= 15 is 0 Å². The molecular weight excluding hydrogens is 1080 g/mol. The third kappa shape index (κ3) is 9.46. The summed E-state index contributed by atoms with van der Waals surface area (Å²) in [5.74, 6) is 2.88. The maximum Gasteiger partial charge on any atom is 0.139 e. The predicted octanol–water partition coefficient (Wildman–Crippen LogP) is 18.0. The minimum atomic E-state index is -0.570. The van der Waals surface area contributed by atoms with Crippen molar-refractivity contribution in [3.63, 3.8) is 0 Å². The summed E-state index contributed by atoms with van der Waals surface area (Å²) in [7, 11) is 0. The van der Waals surface area contributed by atoms with Crippen LogP contribution in [0.15, 0.2) is 188 Å². The monoisotopic (exact) mass is 1140 g/mol. The van der Waals surface area contributed by atoms with Crippen LogP contribution in [0.25, 0.3) is 49.9 Å². The number of anilines is 4. The normalized spacial score (nSPS) is 14.7. The molecule has 0 radical (unpaired) electrons. The van der Waals surface area contributed by atoms with Crippen LogP contribution in [0.1, 0.15) is 92.7 Å². The fourth-order valence-corrected chi connectivity index (χ4v) is 9.43. The van der Waals surface area contributed by atoms with Crippen LogP contribution in [-0.4, -0.2) is 9.55 Å². The van der Waals surface area contributed by atoms with E-state index in [9.17, 15) is 0 Å². The Morgan fingerprint density at radius 3 is 1.78 bits per heavy atom. The van der Waals surface area contributed by atoms with E-state index in [1.807, 2.05) is 77.7 Å². The van der Waals surface area contributed by atoms with E-state index in [0.717, 1.165) is 44.2 Å². The van der Waals surface area contributed by atoms with Gasteiger partial charge in [-0.3, -0.25) is 0 Å². The van der Waals surface area contributed by atoms with E-state index in [-0.39, 0.29) is 59.8 Å². The van der Waals surface area contributed by atoms with E-state index in [2.05, 4.69) is 109 Å². The Morgan fingerprint density at radius 1 is 0.548 bits per heavy atom. The fourth-order valence-electron chi connectivity index (χ4n) is 9.43. The summed E-state index contributed by atoms with van der Waals surface area (Å²) < 4.78 is 104. The molecule has 10 aromatic rings. The van der Waals surface area contributed by atoms with Crippen LogP contribution in [0.4, 0.5) is 22.7 Å². The molecule has 11 rings (SSSR count). The zero-order chi connectivity index (χ0) is 58.6. The second kappa shape index (κ2) is 19.2. The van der Waals surface area contributed by atoms with Gasteiger partial charge in [-0.2, -0.15) is 6.07 Å². The standard InChI is InChI=1S/C66H59N4O2.Pt/c1-64(2,3)46-38-47(68-43-69(59-33-19-18-32-58(59)68)62-51(44-22-12-10-13-23-44)27-20-28-52(62)45-24-14-11-15-25-45)40-50(39-46)71-48-34-35-54-53-26-16-17-31-57(53)70(60(54)41-48)61-42-49(36-37-67-61)72-63-55(65(4,5)6)29-21-30-56(63)66(7,8)9;/h10-39,42-43H,1-9H3;/q-3;/i10D,11D,12D,13D,14D,15D,22D,23D,24D,25D;. The van der Waals surface area contributed by atoms with Crippen molar-refractivity contribution in [3.05, 3.63) is 223 Å². The summed E-state index contributed by atoms with van der Waals surface area (Å²) in [5, 5.41) is 1.94. The Balaban J connectivity index is 0.00000769. The van der Waals surface area contributed by atoms with Crippen LogP contribution in [0.3, 0.4) is 0 Å². The Labute approximate surface area is 459 Å². The third-order valence-corrected chi connectivity index (χ3v) is 13.0. The number of ether oxygens (including phenoxy) is 2. The van der Waals surface area contributed by atoms with E-state index in [4.69, 9.17) is 28.2 Å². The maximum absolute atomic E-state index is 9.13. The second-order valence-corrected chi connectivity index (χ2v) is 21.1. The first-order valence-corrected chi connectivity index (χ1v) is 24.0. The number of rotatable bonds is 9. The van der Waals surface area contributed by atoms with Crippen molar-refractivity contribution >= 4 is 44.6 Å². The Hall–Kier alpha value is -7.40. The van der Waals surface area contributed by atoms with Crippen molar-refractivity contribution in [1.29, 1.82) is 0 Å². The van der Waals surface area contributed by atoms with Gasteiger partial charge in [0.25, 0.3) is 0 Å². The number of pyridine rings is 1. The third-order valence-electron chi connectivity index (χ3n) is 13.0. The zero-order valence-electron chi connectivity index (χ0n) is 52.1. The van der Waals surface area contributed by atoms with E-state index in [1.54, 1.807) is 36.0 Å². The minimum absolute atomic E-state index is 0. The molecule has 0 fully saturated rings. The number of hydrogen-bond donors (Lipinski definition) is 0. The Bertz CT molecular complexity index is 4080. The molecular formula is C66H59N4O2Pt-3. The molecule has 0 amide bonds. The van der Waals surface area contributed by atoms with Gasteiger partial charge in [0, 0.05) is 89.7 Å². The van der Waals surface area contributed by atoms with Gasteiger partial charge in [0.2, 0.25) is 0 Å². The van der Waals surface area contributed by atoms with Crippen molar-refractivity contribution in [3.8, 4) is 51.1 Å². The molecule has 8 aromatic carbocycles. The van der Waals surface area contributed by atoms with Crippen LogP contribution in [-0.2, 0) is 37.3 Å². The van der Waals surface area contributed by atoms with Crippen molar-refractivity contribution in [1.82, 2.24) is 9.55 Å². The molecule has 3 heterocycles. The summed E-state index contributed by atoms with van der Waals surface area (Å²) in [6, 6.07) is 40.4. The van der Waals surface area contributed by atoms with Crippen LogP contribution < -0.4 is 19.3 Å². The molecule has 0 bridgehead atoms. The molecule has 1 aliphatic heterocycles. The van der Waals surface area contributed by atoms with Crippen molar-refractivity contribution in [2.24, 2.45) is 0 Å². The number of aromatic nitrogens is 2. The van der Waals surface area contributed by atoms with Crippen molar-refractivity contribution < 1.29 is 44.2 Å². The van der Waals surface area contributed by atoms with Gasteiger partial charge in [-0.15, -0.1) is 53.6 Å². The summed E-state index contributed by atoms with van der Waals surface area (Å²) in [6.07, 6.45) is 1.76. The second-order valence-electron chi connectivity index (χ2n) is 21.1. The minimum Gasteiger partial charge on any atom is -0.509 e. The molecule has 73 heavy (non-hydrogen) atoms. The van der Waals surface area contributed by atoms with Gasteiger partial charge in [0.1, 0.15) is 17.3 Å². The van der Waals surface area contributed by atoms with Crippen LogP contribution in [0.2, 0.25) is 0 Å². The SMILES string of the molecule is [2H]c1c([2H])c([2H])c(-c2cccc(-c3c([2H])c([2H])c([2H])c([2H])c3[2H])c2N2[CH-]N(c3[c-]c(Oc4[c-]c5c(cc4)c4ccccc4n5-c4cc(Oc5c(C(C)(C)C)cccc5C(C)(C)C)ccn4)cc(C(C)(C)C)c3)c3ccccc32)c([2H])c1[2H].[Pt]. The molecule has 0 spiro atoms. The summed E-state index contributed by atoms with van der Waals surface area (Å²) >= 11 is 0. The average Bonchev–Trinajstić information content (AvgIpc) is 3.70. The number of benzene rings is 8. The first-order chi connectivity index (χ1) is 38.7. The van der Waals surface area contributed by atoms with Gasteiger partial charge in [-0.05, 0) is 57.0 Å². The van der Waals surface area contributed by atoms with E-state index in [0.29, 0.717) is 40.1 Å². The first-order valence-electron chi connectivity index (χ1n) is 29.0. The molecule has 6 nitrogen and oxygen atoms in total. The van der Waals surface area contributed by atoms with Crippen LogP contribution >= 0.6 is 0 Å². The molecule has 0 unspecified atom stereocenters. The number of fused-ring (bicyclic) bond motifs is 4. The predicted molar refractivity (Wildman–Crippen MR) is 298 cm³/mol. The molecule has 0 atom stereocenters. The van der Waals surface area contributed by atoms with Gasteiger partial charge in [-0.1, -0.05) is 195 Å². The Morgan fingerprint density at radius 2 is 1.15 bits per heavy atom. The number of para-hydroxylation sites is 5. The van der Waals surface area contributed by atoms with E-state index in [1.165, 1.54) is 0 Å². The molecule has 0 saturated carbocycles. The molecule has 0 aliphatic carbocycles. The van der Waals surface area contributed by atoms with Crippen LogP contribution in [0, 0.1) is 18.8 Å². The van der Waals surface area contributed by atoms with Gasteiger partial charge < -0.3 is 23.8 Å².